The van der Waals surface area contributed by atoms with E-state index in [1.165, 1.54) is 12.2 Å². The van der Waals surface area contributed by atoms with E-state index in [0.29, 0.717) is 0 Å². The third-order valence-corrected chi connectivity index (χ3v) is 2.99. The third kappa shape index (κ3) is 1.74. The molecule has 0 aromatic rings. The van der Waals surface area contributed by atoms with E-state index in [1.807, 2.05) is 0 Å². The first-order chi connectivity index (χ1) is 7.59. The summed E-state index contributed by atoms with van der Waals surface area (Å²) in [5.41, 5.74) is 0.0461. The zero-order chi connectivity index (χ0) is 11.7. The van der Waals surface area contributed by atoms with E-state index in [9.17, 15) is 18.0 Å². The average Bonchev–Trinajstić information content (AvgIpc) is 2.57. The number of hydrogen-bond donors (Lipinski definition) is 0. The van der Waals surface area contributed by atoms with E-state index < -0.39 is 28.1 Å². The average molecular weight is 238 g/mol. The molecule has 0 spiro atoms. The van der Waals surface area contributed by atoms with Gasteiger partial charge < -0.3 is 4.74 Å². The highest BCUT2D eigenvalue weighted by Gasteiger charge is 2.32. The summed E-state index contributed by atoms with van der Waals surface area (Å²) in [6.07, 6.45) is 7.08. The van der Waals surface area contributed by atoms with Crippen LogP contribution in [0.25, 0.3) is 0 Å². The van der Waals surface area contributed by atoms with Crippen molar-refractivity contribution in [3.63, 3.8) is 0 Å². The molecule has 82 valence electrons. The molecular formula is C10H6O5S. The van der Waals surface area contributed by atoms with Gasteiger partial charge in [-0.2, -0.15) is 8.42 Å². The summed E-state index contributed by atoms with van der Waals surface area (Å²) >= 11 is 0. The van der Waals surface area contributed by atoms with Gasteiger partial charge in [-0.3, -0.25) is 0 Å². The van der Waals surface area contributed by atoms with Crippen molar-refractivity contribution in [3.05, 3.63) is 36.0 Å². The quantitative estimate of drug-likeness (QED) is 0.359. The topological polar surface area (TPSA) is 77.5 Å². The fourth-order valence-corrected chi connectivity index (χ4v) is 2.13. The summed E-state index contributed by atoms with van der Waals surface area (Å²) < 4.78 is 26.2. The molecule has 0 N–H and O–H groups in total. The molecule has 5 nitrogen and oxygen atoms in total. The molecule has 1 atom stereocenters. The van der Waals surface area contributed by atoms with Crippen LogP contribution >= 0.6 is 0 Å². The van der Waals surface area contributed by atoms with Crippen molar-refractivity contribution in [2.24, 2.45) is 5.92 Å². The summed E-state index contributed by atoms with van der Waals surface area (Å²) in [6.45, 7) is 0. The lowest BCUT2D eigenvalue weighted by atomic mass is 9.92. The largest absolute Gasteiger partial charge is 0.386 e. The van der Waals surface area contributed by atoms with Crippen LogP contribution in [0, 0.1) is 5.92 Å². The Morgan fingerprint density at radius 2 is 1.94 bits per heavy atom. The molecular weight excluding hydrogens is 232 g/mol. The van der Waals surface area contributed by atoms with Crippen LogP contribution in [0.15, 0.2) is 36.0 Å². The van der Waals surface area contributed by atoms with Gasteiger partial charge in [0.1, 0.15) is 0 Å². The number of carbonyl (C=O) groups is 2. The maximum Gasteiger partial charge on any atom is 0.343 e. The van der Waals surface area contributed by atoms with Crippen LogP contribution < -0.4 is 0 Å². The van der Waals surface area contributed by atoms with Gasteiger partial charge in [0.05, 0.1) is 10.4 Å². The molecule has 1 aliphatic heterocycles. The van der Waals surface area contributed by atoms with Crippen molar-refractivity contribution in [2.75, 3.05) is 0 Å². The lowest BCUT2D eigenvalue weighted by molar-refractivity contribution is -0.150. The molecule has 0 fully saturated rings. The van der Waals surface area contributed by atoms with E-state index in [0.717, 1.165) is 6.08 Å². The number of rotatable bonds is 1. The van der Waals surface area contributed by atoms with Crippen molar-refractivity contribution >= 4 is 27.1 Å². The van der Waals surface area contributed by atoms with Gasteiger partial charge in [-0.25, -0.2) is 9.59 Å². The van der Waals surface area contributed by atoms with Crippen molar-refractivity contribution in [1.82, 2.24) is 0 Å². The van der Waals surface area contributed by atoms with Crippen LogP contribution in [0.3, 0.4) is 0 Å². The summed E-state index contributed by atoms with van der Waals surface area (Å²) in [6, 6.07) is 0. The fraction of sp³-hybridized carbons (Fsp3) is 0.100. The Kier molecular flexibility index (Phi) is 2.57. The lowest BCUT2D eigenvalue weighted by Crippen LogP contribution is -2.19. The van der Waals surface area contributed by atoms with Crippen molar-refractivity contribution < 1.29 is 22.7 Å². The maximum atomic E-state index is 11.3. The van der Waals surface area contributed by atoms with Crippen LogP contribution in [0.2, 0.25) is 0 Å². The van der Waals surface area contributed by atoms with Crippen molar-refractivity contribution in [3.8, 4) is 0 Å². The highest BCUT2D eigenvalue weighted by atomic mass is 32.2. The molecule has 1 heterocycles. The number of allylic oxidation sites excluding steroid dienone is 4. The third-order valence-electron chi connectivity index (χ3n) is 2.21. The first-order valence-electron chi connectivity index (χ1n) is 4.38. The summed E-state index contributed by atoms with van der Waals surface area (Å²) in [5, 5.41) is 0. The molecule has 0 saturated heterocycles. The first kappa shape index (κ1) is 10.6. The molecule has 0 aromatic carbocycles. The van der Waals surface area contributed by atoms with Gasteiger partial charge in [-0.05, 0) is 6.08 Å². The lowest BCUT2D eigenvalue weighted by Gasteiger charge is -2.11. The Morgan fingerprint density at radius 3 is 2.50 bits per heavy atom. The van der Waals surface area contributed by atoms with E-state index in [2.05, 4.69) is 4.74 Å². The minimum Gasteiger partial charge on any atom is -0.386 e. The van der Waals surface area contributed by atoms with Crippen LogP contribution in [0.4, 0.5) is 0 Å². The van der Waals surface area contributed by atoms with Gasteiger partial charge in [0.25, 0.3) is 0 Å². The molecule has 1 aliphatic carbocycles. The second-order valence-corrected chi connectivity index (χ2v) is 4.11. The Morgan fingerprint density at radius 1 is 1.19 bits per heavy atom. The van der Waals surface area contributed by atoms with Gasteiger partial charge in [0.15, 0.2) is 0 Å². The number of carbonyl (C=O) groups excluding carboxylic acids is 2. The minimum absolute atomic E-state index is 0.0420. The van der Waals surface area contributed by atoms with Crippen LogP contribution in [-0.4, -0.2) is 25.2 Å². The van der Waals surface area contributed by atoms with E-state index in [4.69, 9.17) is 0 Å². The molecule has 2 aliphatic rings. The molecule has 0 bridgehead atoms. The monoisotopic (exact) mass is 238 g/mol. The van der Waals surface area contributed by atoms with E-state index >= 15 is 0 Å². The Balaban J connectivity index is 2.49. The van der Waals surface area contributed by atoms with Gasteiger partial charge in [0.2, 0.25) is 10.3 Å². The second-order valence-electron chi connectivity index (χ2n) is 3.17. The molecule has 0 radical (unpaired) electrons. The van der Waals surface area contributed by atoms with Crippen LogP contribution in [0.5, 0.6) is 0 Å². The Labute approximate surface area is 92.2 Å². The van der Waals surface area contributed by atoms with Crippen molar-refractivity contribution in [1.29, 1.82) is 0 Å². The molecule has 0 amide bonds. The van der Waals surface area contributed by atoms with Gasteiger partial charge in [-0.15, -0.1) is 0 Å². The number of cyclic esters (lactones) is 2. The predicted molar refractivity (Wildman–Crippen MR) is 54.9 cm³/mol. The molecule has 0 aromatic heterocycles. The molecule has 6 heteroatoms. The van der Waals surface area contributed by atoms with Gasteiger partial charge >= 0.3 is 11.9 Å². The van der Waals surface area contributed by atoms with Crippen LogP contribution in [-0.2, 0) is 24.6 Å². The second kappa shape index (κ2) is 3.90. The number of ether oxygens (including phenoxy) is 1. The molecule has 16 heavy (non-hydrogen) atoms. The highest BCUT2D eigenvalue weighted by Crippen LogP contribution is 2.23. The fourth-order valence-electron chi connectivity index (χ4n) is 1.52. The maximum absolute atomic E-state index is 11.3. The molecule has 1 unspecified atom stereocenters. The van der Waals surface area contributed by atoms with Gasteiger partial charge in [-0.1, -0.05) is 18.2 Å². The smallest absolute Gasteiger partial charge is 0.343 e. The number of hydrogen-bond acceptors (Lipinski definition) is 5. The van der Waals surface area contributed by atoms with Crippen LogP contribution in [0.1, 0.15) is 0 Å². The molecule has 2 rings (SSSR count). The highest BCUT2D eigenvalue weighted by molar-refractivity contribution is 7.73. The zero-order valence-electron chi connectivity index (χ0n) is 7.91. The summed E-state index contributed by atoms with van der Waals surface area (Å²) in [5.74, 6) is -2.29. The Bertz CT molecular complexity index is 581. The zero-order valence-corrected chi connectivity index (χ0v) is 8.73. The normalized spacial score (nSPS) is 23.4. The molecule has 0 saturated carbocycles. The minimum atomic E-state index is -2.44. The first-order valence-corrected chi connectivity index (χ1v) is 5.46. The summed E-state index contributed by atoms with van der Waals surface area (Å²) in [4.78, 5) is 22.2. The predicted octanol–water partition coefficient (Wildman–Crippen LogP) is -0.210. The standard InChI is InChI=1S/C10H6O5S/c11-9-5-7(10(12)15-9)6-3-1-2-4-8(6)16(13)14/h1-6H. The SMILES string of the molecule is O=C1C=C(C2C=CC=CC2=S(=O)=O)C(=O)O1. The Hall–Kier alpha value is -1.95. The van der Waals surface area contributed by atoms with E-state index in [-0.39, 0.29) is 10.4 Å². The van der Waals surface area contributed by atoms with E-state index in [1.54, 1.807) is 12.2 Å². The van der Waals surface area contributed by atoms with Crippen molar-refractivity contribution in [2.45, 2.75) is 0 Å². The summed E-state index contributed by atoms with van der Waals surface area (Å²) in [7, 11) is -2.44. The number of esters is 2. The van der Waals surface area contributed by atoms with Gasteiger partial charge in [0, 0.05) is 12.0 Å².